The Labute approximate surface area is 267 Å². The largest absolute Gasteiger partial charge is 0.497 e. The van der Waals surface area contributed by atoms with Gasteiger partial charge in [-0.05, 0) is 66.8 Å². The maximum absolute atomic E-state index is 14.6. The minimum atomic E-state index is -1.04. The van der Waals surface area contributed by atoms with Gasteiger partial charge in [-0.15, -0.1) is 0 Å². The lowest BCUT2D eigenvalue weighted by atomic mass is 9.84. The second-order valence-corrected chi connectivity index (χ2v) is 11.9. The number of nitrogens with zero attached hydrogens (tertiary/aromatic N) is 2. The van der Waals surface area contributed by atoms with Gasteiger partial charge in [-0.2, -0.15) is 0 Å². The summed E-state index contributed by atoms with van der Waals surface area (Å²) in [4.78, 5) is 30.7. The number of aromatic nitrogens is 1. The van der Waals surface area contributed by atoms with Crippen molar-refractivity contribution in [3.8, 4) is 11.4 Å². The molecule has 1 fully saturated rings. The van der Waals surface area contributed by atoms with Crippen LogP contribution in [0.15, 0.2) is 108 Å². The number of amides is 1. The molecule has 0 radical (unpaired) electrons. The van der Waals surface area contributed by atoms with Crippen LogP contribution in [0.25, 0.3) is 16.5 Å². The Morgan fingerprint density at radius 1 is 0.935 bits per heavy atom. The van der Waals surface area contributed by atoms with Crippen LogP contribution in [-0.4, -0.2) is 40.7 Å². The third-order valence-corrected chi connectivity index (χ3v) is 9.06. The van der Waals surface area contributed by atoms with Crippen molar-refractivity contribution in [2.24, 2.45) is 0 Å². The maximum Gasteiger partial charge on any atom is 0.263 e. The number of methoxy groups -OCH3 is 1. The molecule has 1 amide bonds. The Bertz CT molecular complexity index is 1920. The summed E-state index contributed by atoms with van der Waals surface area (Å²) < 4.78 is 21.5. The molecule has 0 bridgehead atoms. The minimum absolute atomic E-state index is 0.246. The summed E-state index contributed by atoms with van der Waals surface area (Å²) in [5, 5.41) is 15.8. The molecule has 236 valence electrons. The molecule has 0 unspecified atom stereocenters. The van der Waals surface area contributed by atoms with Crippen molar-refractivity contribution in [3.63, 3.8) is 0 Å². The van der Waals surface area contributed by atoms with Crippen molar-refractivity contribution in [3.05, 3.63) is 142 Å². The summed E-state index contributed by atoms with van der Waals surface area (Å²) in [6.45, 7) is 3.29. The molecule has 1 saturated heterocycles. The first-order valence-electron chi connectivity index (χ1n) is 15.7. The first kappa shape index (κ1) is 31.2. The highest BCUT2D eigenvalue weighted by atomic mass is 19.1. The molecule has 1 aromatic heterocycles. The van der Waals surface area contributed by atoms with Crippen molar-refractivity contribution in [1.82, 2.24) is 14.8 Å². The zero-order valence-corrected chi connectivity index (χ0v) is 26.1. The number of fused-ring (bicyclic) bond motifs is 1. The van der Waals surface area contributed by atoms with Gasteiger partial charge < -0.3 is 15.2 Å². The molecule has 2 heterocycles. The molecule has 0 aliphatic carbocycles. The Morgan fingerprint density at radius 3 is 2.33 bits per heavy atom. The van der Waals surface area contributed by atoms with E-state index in [1.807, 2.05) is 67.6 Å². The molecule has 1 aliphatic heterocycles. The number of benzene rings is 4. The lowest BCUT2D eigenvalue weighted by Crippen LogP contribution is -2.43. The van der Waals surface area contributed by atoms with Crippen molar-refractivity contribution >= 4 is 16.7 Å². The fourth-order valence-corrected chi connectivity index (χ4v) is 6.52. The van der Waals surface area contributed by atoms with Crippen LogP contribution in [0.2, 0.25) is 0 Å². The van der Waals surface area contributed by atoms with E-state index in [0.29, 0.717) is 65.8 Å². The molecule has 5 aromatic rings. The number of hydrogen-bond donors (Lipinski definition) is 2. The van der Waals surface area contributed by atoms with E-state index in [1.165, 1.54) is 16.7 Å². The van der Waals surface area contributed by atoms with Crippen molar-refractivity contribution < 1.29 is 19.0 Å². The summed E-state index contributed by atoms with van der Waals surface area (Å²) in [7, 11) is 1.60. The van der Waals surface area contributed by atoms with Gasteiger partial charge in [0, 0.05) is 30.4 Å². The Kier molecular flexibility index (Phi) is 9.01. The van der Waals surface area contributed by atoms with Crippen LogP contribution in [0.3, 0.4) is 0 Å². The first-order valence-corrected chi connectivity index (χ1v) is 15.7. The predicted molar refractivity (Wildman–Crippen MR) is 178 cm³/mol. The zero-order chi connectivity index (χ0) is 32.3. The summed E-state index contributed by atoms with van der Waals surface area (Å²) in [5.74, 6) is -0.108. The number of piperidine rings is 1. The fourth-order valence-electron chi connectivity index (χ4n) is 6.52. The maximum atomic E-state index is 14.6. The standard InChI is InChI=1S/C38H38FN3O4/c1-3-33(26-11-5-4-6-12-26)40-36(43)35-31-17-7-8-18-32(31)37(44)42(29-15-10-14-28(39)24-29)34(35)25-41-21-19-38(45,20-22-41)27-13-9-16-30(23-27)46-2/h4-18,23-24,33,45H,3,19-22,25H2,1-2H3,(H,40,43)/t33-/m0/s1. The number of nitrogens with one attached hydrogen (secondary N) is 1. The van der Waals surface area contributed by atoms with E-state index < -0.39 is 11.4 Å². The third kappa shape index (κ3) is 6.18. The van der Waals surface area contributed by atoms with Gasteiger partial charge >= 0.3 is 0 Å². The lowest BCUT2D eigenvalue weighted by Gasteiger charge is -2.39. The summed E-state index contributed by atoms with van der Waals surface area (Å²) in [5.41, 5.74) is 1.61. The number of carbonyl (C=O) groups is 1. The van der Waals surface area contributed by atoms with Crippen LogP contribution >= 0.6 is 0 Å². The van der Waals surface area contributed by atoms with E-state index in [2.05, 4.69) is 10.2 Å². The highest BCUT2D eigenvalue weighted by molar-refractivity contribution is 6.08. The molecule has 0 spiro atoms. The second-order valence-electron chi connectivity index (χ2n) is 11.9. The highest BCUT2D eigenvalue weighted by Gasteiger charge is 2.35. The molecule has 46 heavy (non-hydrogen) atoms. The number of pyridine rings is 1. The number of halogens is 1. The number of aliphatic hydroxyl groups is 1. The highest BCUT2D eigenvalue weighted by Crippen LogP contribution is 2.35. The topological polar surface area (TPSA) is 83.8 Å². The molecule has 1 aliphatic rings. The molecular weight excluding hydrogens is 581 g/mol. The van der Waals surface area contributed by atoms with Gasteiger partial charge in [0.15, 0.2) is 0 Å². The Morgan fingerprint density at radius 2 is 1.63 bits per heavy atom. The number of carbonyl (C=O) groups excluding carboxylic acids is 1. The summed E-state index contributed by atoms with van der Waals surface area (Å²) in [6, 6.07) is 30.0. The molecular formula is C38H38FN3O4. The summed E-state index contributed by atoms with van der Waals surface area (Å²) >= 11 is 0. The molecule has 2 N–H and O–H groups in total. The SMILES string of the molecule is CC[C@H](NC(=O)c1c(CN2CCC(O)(c3cccc(OC)c3)CC2)n(-c2cccc(F)c2)c(=O)c2ccccc12)c1ccccc1. The second kappa shape index (κ2) is 13.3. The van der Waals surface area contributed by atoms with E-state index in [1.54, 1.807) is 37.4 Å². The van der Waals surface area contributed by atoms with Crippen LogP contribution < -0.4 is 15.6 Å². The smallest absolute Gasteiger partial charge is 0.263 e. The van der Waals surface area contributed by atoms with Gasteiger partial charge in [-0.3, -0.25) is 19.1 Å². The molecule has 1 atom stereocenters. The normalized spacial score (nSPS) is 15.4. The predicted octanol–water partition coefficient (Wildman–Crippen LogP) is 6.50. The number of likely N-dealkylation sites (tertiary alicyclic amines) is 1. The number of rotatable bonds is 9. The van der Waals surface area contributed by atoms with E-state index in [4.69, 9.17) is 4.74 Å². The summed E-state index contributed by atoms with van der Waals surface area (Å²) in [6.07, 6.45) is 1.57. The van der Waals surface area contributed by atoms with Crippen LogP contribution in [0, 0.1) is 5.82 Å². The Hall–Kier alpha value is -4.79. The lowest BCUT2D eigenvalue weighted by molar-refractivity contribution is -0.0282. The third-order valence-electron chi connectivity index (χ3n) is 9.06. The molecule has 6 rings (SSSR count). The fraction of sp³-hybridized carbons (Fsp3) is 0.263. The number of hydrogen-bond acceptors (Lipinski definition) is 5. The first-order chi connectivity index (χ1) is 22.3. The zero-order valence-electron chi connectivity index (χ0n) is 26.1. The van der Waals surface area contributed by atoms with Gasteiger partial charge in [-0.25, -0.2) is 4.39 Å². The van der Waals surface area contributed by atoms with Crippen LogP contribution in [0.4, 0.5) is 4.39 Å². The van der Waals surface area contributed by atoms with Crippen LogP contribution in [-0.2, 0) is 12.1 Å². The Balaban J connectivity index is 1.43. The number of ether oxygens (including phenoxy) is 1. The van der Waals surface area contributed by atoms with Crippen molar-refractivity contribution in [2.45, 2.75) is 44.4 Å². The average molecular weight is 620 g/mol. The quantitative estimate of drug-likeness (QED) is 0.197. The van der Waals surface area contributed by atoms with E-state index in [9.17, 15) is 19.1 Å². The van der Waals surface area contributed by atoms with Gasteiger partial charge in [-0.1, -0.05) is 73.7 Å². The monoisotopic (exact) mass is 619 g/mol. The van der Waals surface area contributed by atoms with Gasteiger partial charge in [0.2, 0.25) is 0 Å². The minimum Gasteiger partial charge on any atom is -0.497 e. The van der Waals surface area contributed by atoms with Gasteiger partial charge in [0.25, 0.3) is 11.5 Å². The molecule has 0 saturated carbocycles. The average Bonchev–Trinajstić information content (AvgIpc) is 3.09. The van der Waals surface area contributed by atoms with Crippen molar-refractivity contribution in [1.29, 1.82) is 0 Å². The molecule has 4 aromatic carbocycles. The van der Waals surface area contributed by atoms with E-state index >= 15 is 0 Å². The van der Waals surface area contributed by atoms with E-state index in [0.717, 1.165) is 11.1 Å². The van der Waals surface area contributed by atoms with Gasteiger partial charge in [0.05, 0.1) is 35.7 Å². The van der Waals surface area contributed by atoms with Crippen LogP contribution in [0.1, 0.15) is 59.4 Å². The van der Waals surface area contributed by atoms with Crippen molar-refractivity contribution in [2.75, 3.05) is 20.2 Å². The van der Waals surface area contributed by atoms with Crippen LogP contribution in [0.5, 0.6) is 5.75 Å². The molecule has 8 heteroatoms. The van der Waals surface area contributed by atoms with Gasteiger partial charge in [0.1, 0.15) is 11.6 Å². The molecule has 7 nitrogen and oxygen atoms in total. The van der Waals surface area contributed by atoms with E-state index in [-0.39, 0.29) is 24.1 Å².